The molecule has 0 spiro atoms. The molecule has 2 aromatic rings. The lowest BCUT2D eigenvalue weighted by Gasteiger charge is -2.34. The van der Waals surface area contributed by atoms with Crippen LogP contribution in [0.2, 0.25) is 0 Å². The first-order valence-corrected chi connectivity index (χ1v) is 15.1. The lowest BCUT2D eigenvalue weighted by molar-refractivity contribution is -0.384. The van der Waals surface area contributed by atoms with Crippen molar-refractivity contribution in [3.05, 3.63) is 82.9 Å². The largest absolute Gasteiger partial charge is 0.390 e. The SMILES string of the molecule is C=CCN1CCC[C@@H](C(=O)N[C@@H](Cc2ccccc2)[C@H](O)CN(CC(C)C)S(=O)(=O)Oc2ccc([N+](=O)[O-])cc2)C1. The average Bonchev–Trinajstić information content (AvgIpc) is 2.93. The van der Waals surface area contributed by atoms with Crippen molar-refractivity contribution < 1.29 is 27.4 Å². The number of likely N-dealkylation sites (tertiary alicyclic amines) is 1. The van der Waals surface area contributed by atoms with Gasteiger partial charge in [0.05, 0.1) is 23.0 Å². The van der Waals surface area contributed by atoms with Crippen LogP contribution in [0.4, 0.5) is 5.69 Å². The van der Waals surface area contributed by atoms with Crippen LogP contribution in [0.15, 0.2) is 67.3 Å². The molecule has 0 radical (unpaired) electrons. The van der Waals surface area contributed by atoms with Crippen molar-refractivity contribution in [3.63, 3.8) is 0 Å². The highest BCUT2D eigenvalue weighted by Crippen LogP contribution is 2.22. The summed E-state index contributed by atoms with van der Waals surface area (Å²) in [7, 11) is -4.39. The third kappa shape index (κ3) is 9.92. The van der Waals surface area contributed by atoms with E-state index < -0.39 is 27.4 Å². The molecule has 0 unspecified atom stereocenters. The first-order valence-electron chi connectivity index (χ1n) is 13.8. The molecule has 1 fully saturated rings. The predicted octanol–water partition coefficient (Wildman–Crippen LogP) is 3.16. The van der Waals surface area contributed by atoms with E-state index in [1.165, 1.54) is 12.1 Å². The van der Waals surface area contributed by atoms with Gasteiger partial charge in [0.15, 0.2) is 0 Å². The van der Waals surface area contributed by atoms with E-state index in [4.69, 9.17) is 4.18 Å². The van der Waals surface area contributed by atoms with Gasteiger partial charge in [-0.3, -0.25) is 19.8 Å². The number of hydrogen-bond acceptors (Lipinski definition) is 8. The van der Waals surface area contributed by atoms with E-state index in [9.17, 15) is 28.4 Å². The second-order valence-electron chi connectivity index (χ2n) is 10.8. The molecule has 1 saturated heterocycles. The molecule has 2 aromatic carbocycles. The van der Waals surface area contributed by atoms with Crippen LogP contribution < -0.4 is 9.50 Å². The maximum atomic E-state index is 13.4. The van der Waals surface area contributed by atoms with Gasteiger partial charge in [-0.25, -0.2) is 0 Å². The molecule has 0 saturated carbocycles. The summed E-state index contributed by atoms with van der Waals surface area (Å²) in [5.41, 5.74) is 0.684. The third-order valence-electron chi connectivity index (χ3n) is 6.88. The minimum Gasteiger partial charge on any atom is -0.390 e. The van der Waals surface area contributed by atoms with Crippen LogP contribution in [-0.2, 0) is 21.5 Å². The number of nitro benzene ring substituents is 1. The zero-order valence-corrected chi connectivity index (χ0v) is 24.4. The van der Waals surface area contributed by atoms with Gasteiger partial charge in [0.2, 0.25) is 5.91 Å². The Hall–Kier alpha value is -3.32. The Morgan fingerprint density at radius 2 is 1.90 bits per heavy atom. The topological polar surface area (TPSA) is 142 Å². The van der Waals surface area contributed by atoms with Gasteiger partial charge >= 0.3 is 10.3 Å². The number of aliphatic hydroxyl groups is 1. The number of nitrogens with one attached hydrogen (secondary N) is 1. The normalized spacial score (nSPS) is 17.6. The van der Waals surface area contributed by atoms with Crippen molar-refractivity contribution >= 4 is 21.9 Å². The zero-order valence-electron chi connectivity index (χ0n) is 23.6. The summed E-state index contributed by atoms with van der Waals surface area (Å²) in [4.78, 5) is 25.9. The van der Waals surface area contributed by atoms with Crippen molar-refractivity contribution in [1.82, 2.24) is 14.5 Å². The number of carbonyl (C=O) groups is 1. The number of non-ortho nitro benzene ring substituents is 1. The highest BCUT2D eigenvalue weighted by atomic mass is 32.2. The highest BCUT2D eigenvalue weighted by Gasteiger charge is 2.33. The number of piperidine rings is 1. The van der Waals surface area contributed by atoms with Crippen LogP contribution in [0.5, 0.6) is 5.75 Å². The molecule has 224 valence electrons. The maximum absolute atomic E-state index is 13.4. The van der Waals surface area contributed by atoms with Crippen molar-refractivity contribution in [2.45, 2.75) is 45.3 Å². The molecule has 1 aliphatic heterocycles. The molecule has 3 atom stereocenters. The maximum Gasteiger partial charge on any atom is 0.385 e. The quantitative estimate of drug-likeness (QED) is 0.184. The van der Waals surface area contributed by atoms with Gasteiger partial charge < -0.3 is 14.6 Å². The lowest BCUT2D eigenvalue weighted by atomic mass is 9.95. The summed E-state index contributed by atoms with van der Waals surface area (Å²) < 4.78 is 32.9. The van der Waals surface area contributed by atoms with E-state index >= 15 is 0 Å². The molecule has 1 heterocycles. The van der Waals surface area contributed by atoms with Crippen LogP contribution in [0, 0.1) is 22.0 Å². The first-order chi connectivity index (χ1) is 19.5. The number of nitrogens with zero attached hydrogens (tertiary/aromatic N) is 3. The molecule has 11 nitrogen and oxygen atoms in total. The molecular formula is C29H40N4O7S. The van der Waals surface area contributed by atoms with E-state index in [1.54, 1.807) is 0 Å². The summed E-state index contributed by atoms with van der Waals surface area (Å²) in [5, 5.41) is 25.3. The molecule has 2 N–H and O–H groups in total. The Labute approximate surface area is 242 Å². The first kappa shape index (κ1) is 32.2. The fourth-order valence-corrected chi connectivity index (χ4v) is 6.14. The van der Waals surface area contributed by atoms with Gasteiger partial charge in [0.1, 0.15) is 5.75 Å². The summed E-state index contributed by atoms with van der Waals surface area (Å²) in [6, 6.07) is 13.3. The van der Waals surface area contributed by atoms with E-state index in [2.05, 4.69) is 16.8 Å². The third-order valence-corrected chi connectivity index (χ3v) is 8.21. The van der Waals surface area contributed by atoms with Gasteiger partial charge in [-0.2, -0.15) is 12.7 Å². The Morgan fingerprint density at radius 1 is 1.22 bits per heavy atom. The standard InChI is InChI=1S/C29H40N4O7S/c1-4-16-31-17-8-11-24(20-31)29(35)30-27(18-23-9-6-5-7-10-23)28(34)21-32(19-22(2)3)41(38,39)40-26-14-12-25(13-15-26)33(36)37/h4-7,9-10,12-15,22,24,27-28,34H,1,8,11,16-21H2,2-3H3,(H,30,35)/t24-,27+,28-/m1/s1. The molecular weight excluding hydrogens is 548 g/mol. The number of benzene rings is 2. The fraction of sp³-hybridized carbons (Fsp3) is 0.483. The Morgan fingerprint density at radius 3 is 2.51 bits per heavy atom. The number of carbonyl (C=O) groups excluding carboxylic acids is 1. The molecule has 0 aromatic heterocycles. The molecule has 1 amide bonds. The number of amides is 1. The van der Waals surface area contributed by atoms with Crippen LogP contribution in [0.3, 0.4) is 0 Å². The number of hydrogen-bond donors (Lipinski definition) is 2. The summed E-state index contributed by atoms with van der Waals surface area (Å²) >= 11 is 0. The van der Waals surface area contributed by atoms with Crippen molar-refractivity contribution in [3.8, 4) is 5.75 Å². The molecule has 1 aliphatic rings. The fourth-order valence-electron chi connectivity index (χ4n) is 4.87. The van der Waals surface area contributed by atoms with Gasteiger partial charge in [0.25, 0.3) is 5.69 Å². The average molecular weight is 589 g/mol. The number of rotatable bonds is 15. The predicted molar refractivity (Wildman–Crippen MR) is 156 cm³/mol. The van der Waals surface area contributed by atoms with Crippen LogP contribution in [0.25, 0.3) is 0 Å². The minimum atomic E-state index is -4.39. The summed E-state index contributed by atoms with van der Waals surface area (Å²) in [5.74, 6) is -0.624. The molecule has 0 bridgehead atoms. The molecule has 0 aliphatic carbocycles. The second kappa shape index (κ2) is 15.1. The Balaban J connectivity index is 1.79. The van der Waals surface area contributed by atoms with Crippen molar-refractivity contribution in [2.24, 2.45) is 11.8 Å². The monoisotopic (exact) mass is 588 g/mol. The van der Waals surface area contributed by atoms with Gasteiger partial charge in [-0.05, 0) is 49.4 Å². The summed E-state index contributed by atoms with van der Waals surface area (Å²) in [6.45, 7) is 9.35. The van der Waals surface area contributed by atoms with E-state index in [0.717, 1.165) is 41.4 Å². The number of aliphatic hydroxyl groups excluding tert-OH is 1. The van der Waals surface area contributed by atoms with Crippen LogP contribution in [-0.4, -0.2) is 78.4 Å². The van der Waals surface area contributed by atoms with Crippen LogP contribution in [0.1, 0.15) is 32.3 Å². The lowest BCUT2D eigenvalue weighted by Crippen LogP contribution is -2.54. The Kier molecular flexibility index (Phi) is 11.8. The number of nitro groups is 1. The van der Waals surface area contributed by atoms with Crippen LogP contribution >= 0.6 is 0 Å². The molecule has 41 heavy (non-hydrogen) atoms. The summed E-state index contributed by atoms with van der Waals surface area (Å²) in [6.07, 6.45) is 2.46. The van der Waals surface area contributed by atoms with Gasteiger partial charge in [-0.15, -0.1) is 6.58 Å². The zero-order chi connectivity index (χ0) is 30.0. The highest BCUT2D eigenvalue weighted by molar-refractivity contribution is 7.84. The second-order valence-corrected chi connectivity index (χ2v) is 12.3. The smallest absolute Gasteiger partial charge is 0.385 e. The van der Waals surface area contributed by atoms with Gasteiger partial charge in [-0.1, -0.05) is 50.3 Å². The Bertz CT molecular complexity index is 1260. The molecule has 12 heteroatoms. The van der Waals surface area contributed by atoms with Crippen molar-refractivity contribution in [2.75, 3.05) is 32.7 Å². The van der Waals surface area contributed by atoms with E-state index in [-0.39, 0.29) is 42.3 Å². The molecule has 3 rings (SSSR count). The van der Waals surface area contributed by atoms with E-state index in [1.807, 2.05) is 50.3 Å². The minimum absolute atomic E-state index is 0.0531. The van der Waals surface area contributed by atoms with Crippen molar-refractivity contribution in [1.29, 1.82) is 0 Å². The van der Waals surface area contributed by atoms with E-state index in [0.29, 0.717) is 19.5 Å². The van der Waals surface area contributed by atoms with Gasteiger partial charge in [0, 0.05) is 38.3 Å².